The molecule has 0 saturated heterocycles. The number of H-pyrrole nitrogens is 1. The highest BCUT2D eigenvalue weighted by molar-refractivity contribution is 5.80. The van der Waals surface area contributed by atoms with Crippen LogP contribution in [0.25, 0.3) is 0 Å². The van der Waals surface area contributed by atoms with Gasteiger partial charge >= 0.3 is 0 Å². The topological polar surface area (TPSA) is 71.1 Å². The van der Waals surface area contributed by atoms with E-state index in [1.807, 2.05) is 38.1 Å². The van der Waals surface area contributed by atoms with Crippen molar-refractivity contribution in [3.63, 3.8) is 0 Å². The maximum Gasteiger partial charge on any atom is 0.263 e. The SMILES string of the molecule is Cc1cccc(OC(C)C(=O)N(C)Cc2n[nH]c(C)n2)c1. The minimum atomic E-state index is -0.558. The summed E-state index contributed by atoms with van der Waals surface area (Å²) in [6, 6.07) is 7.64. The normalized spacial score (nSPS) is 12.0. The monoisotopic (exact) mass is 288 g/mol. The number of carbonyl (C=O) groups excluding carboxylic acids is 1. The summed E-state index contributed by atoms with van der Waals surface area (Å²) in [5.74, 6) is 1.90. The third kappa shape index (κ3) is 4.05. The van der Waals surface area contributed by atoms with Crippen molar-refractivity contribution in [2.24, 2.45) is 0 Å². The summed E-state index contributed by atoms with van der Waals surface area (Å²) < 4.78 is 5.68. The van der Waals surface area contributed by atoms with Crippen LogP contribution < -0.4 is 4.74 Å². The van der Waals surface area contributed by atoms with Crippen LogP contribution in [-0.2, 0) is 11.3 Å². The second-order valence-corrected chi connectivity index (χ2v) is 5.11. The van der Waals surface area contributed by atoms with Gasteiger partial charge < -0.3 is 9.64 Å². The van der Waals surface area contributed by atoms with Crippen LogP contribution >= 0.6 is 0 Å². The third-order valence-electron chi connectivity index (χ3n) is 3.05. The molecular weight excluding hydrogens is 268 g/mol. The molecule has 1 N–H and O–H groups in total. The first-order valence-corrected chi connectivity index (χ1v) is 6.82. The molecule has 0 aliphatic heterocycles. The second-order valence-electron chi connectivity index (χ2n) is 5.11. The lowest BCUT2D eigenvalue weighted by Gasteiger charge is -2.21. The number of amides is 1. The zero-order chi connectivity index (χ0) is 15.4. The number of aryl methyl sites for hydroxylation is 2. The van der Waals surface area contributed by atoms with Crippen LogP contribution in [-0.4, -0.2) is 39.1 Å². The number of hydrogen-bond donors (Lipinski definition) is 1. The van der Waals surface area contributed by atoms with Gasteiger partial charge in [0.1, 0.15) is 11.6 Å². The molecule has 0 aliphatic rings. The average Bonchev–Trinajstić information content (AvgIpc) is 2.83. The van der Waals surface area contributed by atoms with Crippen molar-refractivity contribution in [2.45, 2.75) is 33.4 Å². The summed E-state index contributed by atoms with van der Waals surface area (Å²) in [4.78, 5) is 18.0. The van der Waals surface area contributed by atoms with Crippen molar-refractivity contribution in [2.75, 3.05) is 7.05 Å². The van der Waals surface area contributed by atoms with E-state index >= 15 is 0 Å². The maximum atomic E-state index is 12.3. The molecule has 21 heavy (non-hydrogen) atoms. The fraction of sp³-hybridized carbons (Fsp3) is 0.400. The van der Waals surface area contributed by atoms with Gasteiger partial charge in [-0.25, -0.2) is 4.98 Å². The second kappa shape index (κ2) is 6.39. The summed E-state index contributed by atoms with van der Waals surface area (Å²) in [6.45, 7) is 5.90. The molecule has 0 spiro atoms. The molecule has 0 bridgehead atoms. The highest BCUT2D eigenvalue weighted by Crippen LogP contribution is 2.15. The molecule has 1 aromatic carbocycles. The van der Waals surface area contributed by atoms with Gasteiger partial charge in [0.15, 0.2) is 11.9 Å². The fourth-order valence-electron chi connectivity index (χ4n) is 2.00. The lowest BCUT2D eigenvalue weighted by atomic mass is 10.2. The molecule has 1 unspecified atom stereocenters. The van der Waals surface area contributed by atoms with E-state index in [1.54, 1.807) is 18.9 Å². The lowest BCUT2D eigenvalue weighted by Crippen LogP contribution is -2.37. The van der Waals surface area contributed by atoms with Crippen molar-refractivity contribution in [3.8, 4) is 5.75 Å². The van der Waals surface area contributed by atoms with Gasteiger partial charge in [0.2, 0.25) is 0 Å². The summed E-state index contributed by atoms with van der Waals surface area (Å²) >= 11 is 0. The number of nitrogens with zero attached hydrogens (tertiary/aromatic N) is 3. The van der Waals surface area contributed by atoms with Gasteiger partial charge in [-0.15, -0.1) is 0 Å². The average molecular weight is 288 g/mol. The maximum absolute atomic E-state index is 12.3. The zero-order valence-corrected chi connectivity index (χ0v) is 12.8. The molecule has 112 valence electrons. The molecule has 0 saturated carbocycles. The molecule has 6 heteroatoms. The molecule has 1 aromatic heterocycles. The van der Waals surface area contributed by atoms with Gasteiger partial charge in [-0.2, -0.15) is 5.10 Å². The number of benzene rings is 1. The van der Waals surface area contributed by atoms with Crippen molar-refractivity contribution in [1.82, 2.24) is 20.1 Å². The quantitative estimate of drug-likeness (QED) is 0.911. The smallest absolute Gasteiger partial charge is 0.263 e. The number of ether oxygens (including phenoxy) is 1. The summed E-state index contributed by atoms with van der Waals surface area (Å²) in [6.07, 6.45) is -0.558. The van der Waals surface area contributed by atoms with E-state index in [1.165, 1.54) is 0 Å². The van der Waals surface area contributed by atoms with Crippen LogP contribution in [0.4, 0.5) is 0 Å². The number of nitrogens with one attached hydrogen (secondary N) is 1. The molecule has 1 heterocycles. The summed E-state index contributed by atoms with van der Waals surface area (Å²) in [5.41, 5.74) is 1.09. The predicted octanol–water partition coefficient (Wildman–Crippen LogP) is 1.85. The van der Waals surface area contributed by atoms with Crippen LogP contribution in [0.15, 0.2) is 24.3 Å². The number of hydrogen-bond acceptors (Lipinski definition) is 4. The van der Waals surface area contributed by atoms with Crippen molar-refractivity contribution < 1.29 is 9.53 Å². The number of rotatable bonds is 5. The largest absolute Gasteiger partial charge is 0.481 e. The molecule has 0 aliphatic carbocycles. The Morgan fingerprint density at radius 1 is 1.43 bits per heavy atom. The molecule has 2 rings (SSSR count). The van der Waals surface area contributed by atoms with E-state index in [-0.39, 0.29) is 5.91 Å². The van der Waals surface area contributed by atoms with Gasteiger partial charge in [-0.1, -0.05) is 12.1 Å². The van der Waals surface area contributed by atoms with Crippen LogP contribution in [0, 0.1) is 13.8 Å². The van der Waals surface area contributed by atoms with Crippen molar-refractivity contribution in [3.05, 3.63) is 41.5 Å². The van der Waals surface area contributed by atoms with Gasteiger partial charge in [0.25, 0.3) is 5.91 Å². The molecule has 1 atom stereocenters. The van der Waals surface area contributed by atoms with Crippen LogP contribution in [0.3, 0.4) is 0 Å². The van der Waals surface area contributed by atoms with Crippen molar-refractivity contribution in [1.29, 1.82) is 0 Å². The summed E-state index contributed by atoms with van der Waals surface area (Å²) in [5, 5.41) is 6.78. The standard InChI is InChI=1S/C15H20N4O2/c1-10-6-5-7-13(8-10)21-11(2)15(20)19(4)9-14-16-12(3)17-18-14/h5-8,11H,9H2,1-4H3,(H,16,17,18). The van der Waals surface area contributed by atoms with E-state index in [4.69, 9.17) is 4.74 Å². The number of aromatic amines is 1. The zero-order valence-electron chi connectivity index (χ0n) is 12.8. The Hall–Kier alpha value is -2.37. The van der Waals surface area contributed by atoms with Gasteiger partial charge in [-0.3, -0.25) is 9.89 Å². The molecule has 2 aromatic rings. The molecular formula is C15H20N4O2. The number of likely N-dealkylation sites (N-methyl/N-ethyl adjacent to an activating group) is 1. The van der Waals surface area contributed by atoms with Crippen LogP contribution in [0.5, 0.6) is 5.75 Å². The number of aromatic nitrogens is 3. The third-order valence-corrected chi connectivity index (χ3v) is 3.05. The van der Waals surface area contributed by atoms with Crippen molar-refractivity contribution >= 4 is 5.91 Å². The minimum absolute atomic E-state index is 0.112. The van der Waals surface area contributed by atoms with Gasteiger partial charge in [-0.05, 0) is 38.5 Å². The summed E-state index contributed by atoms with van der Waals surface area (Å²) in [7, 11) is 1.71. The first-order valence-electron chi connectivity index (χ1n) is 6.82. The van der Waals surface area contributed by atoms with E-state index < -0.39 is 6.10 Å². The fourth-order valence-corrected chi connectivity index (χ4v) is 2.00. The minimum Gasteiger partial charge on any atom is -0.481 e. The van der Waals surface area contributed by atoms with Gasteiger partial charge in [0, 0.05) is 7.05 Å². The Bertz CT molecular complexity index is 624. The van der Waals surface area contributed by atoms with E-state index in [0.717, 1.165) is 11.4 Å². The lowest BCUT2D eigenvalue weighted by molar-refractivity contribution is -0.137. The van der Waals surface area contributed by atoms with E-state index in [2.05, 4.69) is 15.2 Å². The molecule has 6 nitrogen and oxygen atoms in total. The van der Waals surface area contributed by atoms with E-state index in [9.17, 15) is 4.79 Å². The predicted molar refractivity (Wildman–Crippen MR) is 78.9 cm³/mol. The van der Waals surface area contributed by atoms with Crippen LogP contribution in [0.1, 0.15) is 24.1 Å². The molecule has 1 amide bonds. The number of carbonyl (C=O) groups is 1. The first-order chi connectivity index (χ1) is 9.95. The Morgan fingerprint density at radius 2 is 2.19 bits per heavy atom. The van der Waals surface area contributed by atoms with Crippen LogP contribution in [0.2, 0.25) is 0 Å². The first kappa shape index (κ1) is 15.0. The highest BCUT2D eigenvalue weighted by Gasteiger charge is 2.20. The van der Waals surface area contributed by atoms with Gasteiger partial charge in [0.05, 0.1) is 6.54 Å². The van der Waals surface area contributed by atoms with E-state index in [0.29, 0.717) is 18.1 Å². The molecule has 0 fully saturated rings. The highest BCUT2D eigenvalue weighted by atomic mass is 16.5. The Labute approximate surface area is 124 Å². The Balaban J connectivity index is 1.95. The molecule has 0 radical (unpaired) electrons. The Kier molecular flexibility index (Phi) is 4.57. The Morgan fingerprint density at radius 3 is 2.81 bits per heavy atom.